The Kier molecular flexibility index (Phi) is 17.0. The first-order chi connectivity index (χ1) is 17.1. The van der Waals surface area contributed by atoms with Crippen molar-refractivity contribution in [3.63, 3.8) is 0 Å². The highest BCUT2D eigenvalue weighted by molar-refractivity contribution is 5.04. The Balaban J connectivity index is 1.60. The van der Waals surface area contributed by atoms with E-state index in [1.165, 1.54) is 161 Å². The Morgan fingerprint density at radius 1 is 0.657 bits per heavy atom. The average Bonchev–Trinajstić information content (AvgIpc) is 2.81. The molecular formula is C33H66N2. The predicted molar refractivity (Wildman–Crippen MR) is 157 cm³/mol. The van der Waals surface area contributed by atoms with Crippen molar-refractivity contribution in [3.8, 4) is 0 Å². The molecule has 1 aliphatic heterocycles. The lowest BCUT2D eigenvalue weighted by atomic mass is 9.57. The molecule has 0 aromatic heterocycles. The molecule has 2 fully saturated rings. The number of unbranched alkanes of at least 4 members (excludes halogenated alkanes) is 10. The van der Waals surface area contributed by atoms with E-state index in [4.69, 9.17) is 0 Å². The smallest absolute Gasteiger partial charge is 0.00670 e. The molecule has 2 heteroatoms. The van der Waals surface area contributed by atoms with E-state index in [0.717, 1.165) is 23.3 Å². The van der Waals surface area contributed by atoms with Crippen LogP contribution in [0.4, 0.5) is 0 Å². The maximum Gasteiger partial charge on any atom is 0.00670 e. The van der Waals surface area contributed by atoms with Crippen molar-refractivity contribution in [1.82, 2.24) is 10.2 Å². The van der Waals surface area contributed by atoms with Gasteiger partial charge in [0.1, 0.15) is 0 Å². The molecule has 1 saturated heterocycles. The monoisotopic (exact) mass is 491 g/mol. The van der Waals surface area contributed by atoms with Crippen LogP contribution >= 0.6 is 0 Å². The Bertz CT molecular complexity index is 475. The van der Waals surface area contributed by atoms with Crippen LogP contribution in [0.5, 0.6) is 0 Å². The molecule has 0 bridgehead atoms. The van der Waals surface area contributed by atoms with Gasteiger partial charge in [0.2, 0.25) is 0 Å². The lowest BCUT2D eigenvalue weighted by Gasteiger charge is -2.60. The number of likely N-dealkylation sites (tertiary alicyclic amines) is 1. The summed E-state index contributed by atoms with van der Waals surface area (Å²) in [5, 5.41) is 3.96. The quantitative estimate of drug-likeness (QED) is 0.135. The van der Waals surface area contributed by atoms with Crippen LogP contribution in [0.25, 0.3) is 0 Å². The normalized spacial score (nSPS) is 19.5. The summed E-state index contributed by atoms with van der Waals surface area (Å²) in [6.45, 7) is 14.9. The minimum Gasteiger partial charge on any atom is -0.314 e. The first-order valence-corrected chi connectivity index (χ1v) is 16.6. The highest BCUT2D eigenvalue weighted by atomic mass is 15.2. The molecule has 0 aromatic rings. The van der Waals surface area contributed by atoms with Gasteiger partial charge in [-0.15, -0.1) is 0 Å². The van der Waals surface area contributed by atoms with E-state index in [2.05, 4.69) is 37.9 Å². The number of hydrogen-bond donors (Lipinski definition) is 1. The molecule has 2 nitrogen and oxygen atoms in total. The molecule has 1 N–H and O–H groups in total. The second-order valence-corrected chi connectivity index (χ2v) is 12.9. The lowest BCUT2D eigenvalue weighted by Crippen LogP contribution is -2.63. The van der Waals surface area contributed by atoms with Crippen LogP contribution in [-0.4, -0.2) is 37.1 Å². The van der Waals surface area contributed by atoms with Gasteiger partial charge in [0.15, 0.2) is 0 Å². The van der Waals surface area contributed by atoms with Gasteiger partial charge in [-0.2, -0.15) is 0 Å². The van der Waals surface area contributed by atoms with Crippen LogP contribution in [0, 0.1) is 17.3 Å². The summed E-state index contributed by atoms with van der Waals surface area (Å²) in [4.78, 5) is 2.85. The minimum absolute atomic E-state index is 0.737. The van der Waals surface area contributed by atoms with Crippen molar-refractivity contribution < 1.29 is 0 Å². The van der Waals surface area contributed by atoms with Crippen molar-refractivity contribution in [2.75, 3.05) is 26.2 Å². The third-order valence-electron chi connectivity index (χ3n) is 9.31. The fourth-order valence-electron chi connectivity index (χ4n) is 7.18. The van der Waals surface area contributed by atoms with Gasteiger partial charge in [0.05, 0.1) is 0 Å². The van der Waals surface area contributed by atoms with E-state index in [-0.39, 0.29) is 0 Å². The van der Waals surface area contributed by atoms with Crippen LogP contribution in [0.1, 0.15) is 163 Å². The maximum absolute atomic E-state index is 3.96. The lowest BCUT2D eigenvalue weighted by molar-refractivity contribution is -0.101. The van der Waals surface area contributed by atoms with E-state index < -0.39 is 0 Å². The summed E-state index contributed by atoms with van der Waals surface area (Å²) in [5.74, 6) is 1.98. The van der Waals surface area contributed by atoms with Gasteiger partial charge in [-0.1, -0.05) is 118 Å². The van der Waals surface area contributed by atoms with E-state index >= 15 is 0 Å². The van der Waals surface area contributed by atoms with E-state index in [9.17, 15) is 0 Å². The number of rotatable bonds is 24. The van der Waals surface area contributed by atoms with Crippen molar-refractivity contribution in [3.05, 3.63) is 0 Å². The van der Waals surface area contributed by atoms with Gasteiger partial charge in [0.25, 0.3) is 0 Å². The van der Waals surface area contributed by atoms with Crippen LogP contribution < -0.4 is 5.32 Å². The molecule has 1 saturated carbocycles. The van der Waals surface area contributed by atoms with Gasteiger partial charge in [-0.25, -0.2) is 0 Å². The first-order valence-electron chi connectivity index (χ1n) is 16.6. The summed E-state index contributed by atoms with van der Waals surface area (Å²) < 4.78 is 0. The fourth-order valence-corrected chi connectivity index (χ4v) is 7.18. The molecule has 35 heavy (non-hydrogen) atoms. The SMILES string of the molecule is CCCCCCCC(CCCCCC)CN1CC2(CC(CCNC(CCCC)CCCCC)C2)C1. The summed E-state index contributed by atoms with van der Waals surface area (Å²) in [6.07, 6.45) is 30.1. The van der Waals surface area contributed by atoms with E-state index in [1.54, 1.807) is 0 Å². The average molecular weight is 491 g/mol. The van der Waals surface area contributed by atoms with Gasteiger partial charge in [0, 0.05) is 25.7 Å². The zero-order valence-corrected chi connectivity index (χ0v) is 24.9. The Labute approximate surface area is 222 Å². The standard InChI is InChI=1S/C33H66N2/c1-5-9-13-15-18-20-30(19-17-14-10-6-2)27-35-28-33(29-35)25-31(26-33)23-24-34-32(21-12-8-4)22-16-11-7-3/h30-32,34H,5-29H2,1-4H3. The van der Waals surface area contributed by atoms with Crippen LogP contribution in [0.2, 0.25) is 0 Å². The van der Waals surface area contributed by atoms with E-state index in [0.29, 0.717) is 0 Å². The maximum atomic E-state index is 3.96. The van der Waals surface area contributed by atoms with Crippen LogP contribution in [-0.2, 0) is 0 Å². The Morgan fingerprint density at radius 3 is 1.80 bits per heavy atom. The fraction of sp³-hybridized carbons (Fsp3) is 1.00. The van der Waals surface area contributed by atoms with E-state index in [1.807, 2.05) is 0 Å². The van der Waals surface area contributed by atoms with Crippen LogP contribution in [0.3, 0.4) is 0 Å². The molecule has 2 atom stereocenters. The van der Waals surface area contributed by atoms with Gasteiger partial charge in [-0.3, -0.25) is 0 Å². The third-order valence-corrected chi connectivity index (χ3v) is 9.31. The van der Waals surface area contributed by atoms with Gasteiger partial charge >= 0.3 is 0 Å². The summed E-state index contributed by atoms with van der Waals surface area (Å²) >= 11 is 0. The summed E-state index contributed by atoms with van der Waals surface area (Å²) in [7, 11) is 0. The van der Waals surface area contributed by atoms with Crippen molar-refractivity contribution in [2.24, 2.45) is 17.3 Å². The number of nitrogens with zero attached hydrogens (tertiary/aromatic N) is 1. The second-order valence-electron chi connectivity index (χ2n) is 12.9. The molecule has 0 aromatic carbocycles. The highest BCUT2D eigenvalue weighted by Gasteiger charge is 2.51. The molecule has 1 heterocycles. The van der Waals surface area contributed by atoms with Crippen LogP contribution in [0.15, 0.2) is 0 Å². The highest BCUT2D eigenvalue weighted by Crippen LogP contribution is 2.53. The molecule has 1 spiro atoms. The van der Waals surface area contributed by atoms with Crippen molar-refractivity contribution in [1.29, 1.82) is 0 Å². The molecule has 0 amide bonds. The molecule has 0 radical (unpaired) electrons. The Hall–Kier alpha value is -0.0800. The third kappa shape index (κ3) is 12.8. The topological polar surface area (TPSA) is 15.3 Å². The molecule has 2 aliphatic rings. The minimum atomic E-state index is 0.737. The van der Waals surface area contributed by atoms with Crippen molar-refractivity contribution >= 4 is 0 Å². The molecule has 2 rings (SSSR count). The Morgan fingerprint density at radius 2 is 1.17 bits per heavy atom. The first kappa shape index (κ1) is 31.1. The van der Waals surface area contributed by atoms with Gasteiger partial charge in [-0.05, 0) is 68.7 Å². The molecule has 2 unspecified atom stereocenters. The summed E-state index contributed by atoms with van der Waals surface area (Å²) in [5.41, 5.74) is 0.737. The predicted octanol–water partition coefficient (Wildman–Crippen LogP) is 9.76. The van der Waals surface area contributed by atoms with Gasteiger partial charge < -0.3 is 10.2 Å². The number of hydrogen-bond acceptors (Lipinski definition) is 2. The zero-order chi connectivity index (χ0) is 25.2. The molecule has 1 aliphatic carbocycles. The molecule has 208 valence electrons. The summed E-state index contributed by atoms with van der Waals surface area (Å²) in [6, 6.07) is 0.783. The number of nitrogens with one attached hydrogen (secondary N) is 1. The largest absolute Gasteiger partial charge is 0.314 e. The molecular weight excluding hydrogens is 424 g/mol. The van der Waals surface area contributed by atoms with Crippen molar-refractivity contribution in [2.45, 2.75) is 169 Å². The second kappa shape index (κ2) is 19.1. The zero-order valence-electron chi connectivity index (χ0n) is 24.9.